The van der Waals surface area contributed by atoms with Crippen molar-refractivity contribution >= 4 is 17.1 Å². The van der Waals surface area contributed by atoms with Crippen molar-refractivity contribution in [3.8, 4) is 22.9 Å². The van der Waals surface area contributed by atoms with Gasteiger partial charge in [-0.15, -0.1) is 13.2 Å². The molecule has 0 amide bonds. The number of halogens is 3. The first kappa shape index (κ1) is 16.7. The van der Waals surface area contributed by atoms with Gasteiger partial charge in [0, 0.05) is 5.56 Å². The molecule has 3 rings (SSSR count). The standard InChI is InChI=1S/C15H12F3N5O2/c1-2-24-13-11-12(22-14(19)23-13)20-7-10(21-11)8-3-5-9(6-4-8)25-15(16,17)18/h3-7H,2H2,1H3,(H2,19,20,22,23). The maximum atomic E-state index is 12.2. The minimum absolute atomic E-state index is 0.00616. The molecule has 130 valence electrons. The summed E-state index contributed by atoms with van der Waals surface area (Å²) in [4.78, 5) is 16.5. The first-order valence-corrected chi connectivity index (χ1v) is 7.15. The Morgan fingerprint density at radius 1 is 1.08 bits per heavy atom. The van der Waals surface area contributed by atoms with Crippen molar-refractivity contribution in [2.75, 3.05) is 12.3 Å². The number of nitrogens with two attached hydrogens (primary N) is 1. The summed E-state index contributed by atoms with van der Waals surface area (Å²) in [6.45, 7) is 2.13. The van der Waals surface area contributed by atoms with Crippen LogP contribution in [-0.4, -0.2) is 32.9 Å². The largest absolute Gasteiger partial charge is 0.573 e. The van der Waals surface area contributed by atoms with Crippen molar-refractivity contribution in [3.05, 3.63) is 30.5 Å². The van der Waals surface area contributed by atoms with E-state index in [1.54, 1.807) is 6.92 Å². The number of anilines is 1. The summed E-state index contributed by atoms with van der Waals surface area (Å²) in [5.41, 5.74) is 7.13. The number of benzene rings is 1. The second-order valence-corrected chi connectivity index (χ2v) is 4.82. The van der Waals surface area contributed by atoms with E-state index in [1.165, 1.54) is 30.5 Å². The van der Waals surface area contributed by atoms with Crippen LogP contribution >= 0.6 is 0 Å². The SMILES string of the molecule is CCOc1nc(N)nc2ncc(-c3ccc(OC(F)(F)F)cc3)nc12. The molecule has 0 fully saturated rings. The van der Waals surface area contributed by atoms with Gasteiger partial charge in [0.2, 0.25) is 11.8 Å². The van der Waals surface area contributed by atoms with Crippen molar-refractivity contribution in [2.24, 2.45) is 0 Å². The highest BCUT2D eigenvalue weighted by atomic mass is 19.4. The number of fused-ring (bicyclic) bond motifs is 1. The van der Waals surface area contributed by atoms with Crippen LogP contribution in [0, 0.1) is 0 Å². The highest BCUT2D eigenvalue weighted by Gasteiger charge is 2.31. The van der Waals surface area contributed by atoms with Crippen LogP contribution < -0.4 is 15.2 Å². The monoisotopic (exact) mass is 351 g/mol. The summed E-state index contributed by atoms with van der Waals surface area (Å²) in [6.07, 6.45) is -3.31. The number of rotatable bonds is 4. The van der Waals surface area contributed by atoms with Crippen LogP contribution in [0.4, 0.5) is 19.1 Å². The van der Waals surface area contributed by atoms with E-state index >= 15 is 0 Å². The van der Waals surface area contributed by atoms with Gasteiger partial charge in [-0.05, 0) is 31.2 Å². The molecule has 0 saturated heterocycles. The Labute approximate surface area is 139 Å². The Kier molecular flexibility index (Phi) is 4.26. The molecule has 0 radical (unpaired) electrons. The number of nitrogens with zero attached hydrogens (tertiary/aromatic N) is 4. The first-order chi connectivity index (χ1) is 11.9. The van der Waals surface area contributed by atoms with Crippen LogP contribution in [0.25, 0.3) is 22.4 Å². The fourth-order valence-corrected chi connectivity index (χ4v) is 2.10. The first-order valence-electron chi connectivity index (χ1n) is 7.15. The van der Waals surface area contributed by atoms with Gasteiger partial charge in [-0.2, -0.15) is 9.97 Å². The third kappa shape index (κ3) is 3.84. The molecule has 7 nitrogen and oxygen atoms in total. The van der Waals surface area contributed by atoms with Gasteiger partial charge in [0.1, 0.15) is 5.75 Å². The number of ether oxygens (including phenoxy) is 2. The average Bonchev–Trinajstić information content (AvgIpc) is 2.54. The van der Waals surface area contributed by atoms with E-state index in [2.05, 4.69) is 24.7 Å². The van der Waals surface area contributed by atoms with Crippen molar-refractivity contribution in [2.45, 2.75) is 13.3 Å². The smallest absolute Gasteiger partial charge is 0.476 e. The summed E-state index contributed by atoms with van der Waals surface area (Å²) in [7, 11) is 0. The summed E-state index contributed by atoms with van der Waals surface area (Å²) in [5, 5.41) is 0. The Hall–Kier alpha value is -3.17. The van der Waals surface area contributed by atoms with Crippen LogP contribution in [0.15, 0.2) is 30.5 Å². The molecule has 10 heteroatoms. The van der Waals surface area contributed by atoms with Gasteiger partial charge >= 0.3 is 6.36 Å². The average molecular weight is 351 g/mol. The molecule has 3 aromatic rings. The molecule has 0 aliphatic heterocycles. The van der Waals surface area contributed by atoms with Crippen molar-refractivity contribution < 1.29 is 22.6 Å². The van der Waals surface area contributed by atoms with Gasteiger partial charge in [0.25, 0.3) is 0 Å². The Bertz CT molecular complexity index is 900. The van der Waals surface area contributed by atoms with E-state index in [9.17, 15) is 13.2 Å². The van der Waals surface area contributed by atoms with Crippen LogP contribution in [0.1, 0.15) is 6.92 Å². The number of hydrogen-bond donors (Lipinski definition) is 1. The molecule has 0 unspecified atom stereocenters. The molecular formula is C15H12F3N5O2. The lowest BCUT2D eigenvalue weighted by Gasteiger charge is -2.10. The van der Waals surface area contributed by atoms with Gasteiger partial charge < -0.3 is 15.2 Å². The molecule has 2 aromatic heterocycles. The minimum atomic E-state index is -4.74. The van der Waals surface area contributed by atoms with E-state index in [0.29, 0.717) is 23.4 Å². The summed E-state index contributed by atoms with van der Waals surface area (Å²) in [6, 6.07) is 5.26. The van der Waals surface area contributed by atoms with E-state index in [-0.39, 0.29) is 23.2 Å². The second kappa shape index (κ2) is 6.38. The molecule has 0 atom stereocenters. The van der Waals surface area contributed by atoms with Crippen molar-refractivity contribution in [3.63, 3.8) is 0 Å². The Morgan fingerprint density at radius 3 is 2.44 bits per heavy atom. The van der Waals surface area contributed by atoms with Crippen LogP contribution in [-0.2, 0) is 0 Å². The van der Waals surface area contributed by atoms with Crippen LogP contribution in [0.5, 0.6) is 11.6 Å². The van der Waals surface area contributed by atoms with E-state index in [0.717, 1.165) is 0 Å². The zero-order valence-corrected chi connectivity index (χ0v) is 12.9. The van der Waals surface area contributed by atoms with Crippen LogP contribution in [0.2, 0.25) is 0 Å². The predicted octanol–water partition coefficient (Wildman–Crippen LogP) is 2.97. The molecule has 0 aliphatic rings. The van der Waals surface area contributed by atoms with Gasteiger partial charge in [-0.3, -0.25) is 0 Å². The highest BCUT2D eigenvalue weighted by molar-refractivity contribution is 5.79. The van der Waals surface area contributed by atoms with Gasteiger partial charge in [-0.25, -0.2) is 9.97 Å². The van der Waals surface area contributed by atoms with Gasteiger partial charge in [0.05, 0.1) is 18.5 Å². The fraction of sp³-hybridized carbons (Fsp3) is 0.200. The number of nitrogen functional groups attached to an aromatic ring is 1. The highest BCUT2D eigenvalue weighted by Crippen LogP contribution is 2.27. The predicted molar refractivity (Wildman–Crippen MR) is 82.8 cm³/mol. The Morgan fingerprint density at radius 2 is 1.80 bits per heavy atom. The fourth-order valence-electron chi connectivity index (χ4n) is 2.10. The quantitative estimate of drug-likeness (QED) is 0.772. The van der Waals surface area contributed by atoms with E-state index in [4.69, 9.17) is 10.5 Å². The lowest BCUT2D eigenvalue weighted by molar-refractivity contribution is -0.274. The zero-order valence-electron chi connectivity index (χ0n) is 12.9. The molecular weight excluding hydrogens is 339 g/mol. The molecule has 2 N–H and O–H groups in total. The third-order valence-corrected chi connectivity index (χ3v) is 3.06. The molecule has 0 bridgehead atoms. The topological polar surface area (TPSA) is 96.0 Å². The van der Waals surface area contributed by atoms with Gasteiger partial charge in [0.15, 0.2) is 11.2 Å². The van der Waals surface area contributed by atoms with Crippen molar-refractivity contribution in [1.82, 2.24) is 19.9 Å². The molecule has 0 spiro atoms. The van der Waals surface area contributed by atoms with Gasteiger partial charge in [-0.1, -0.05) is 0 Å². The van der Waals surface area contributed by atoms with E-state index < -0.39 is 6.36 Å². The summed E-state index contributed by atoms with van der Waals surface area (Å²) >= 11 is 0. The molecule has 2 heterocycles. The molecule has 0 aliphatic carbocycles. The maximum Gasteiger partial charge on any atom is 0.573 e. The second-order valence-electron chi connectivity index (χ2n) is 4.82. The minimum Gasteiger partial charge on any atom is -0.476 e. The lowest BCUT2D eigenvalue weighted by Crippen LogP contribution is -2.16. The number of aromatic nitrogens is 4. The zero-order chi connectivity index (χ0) is 18.0. The summed E-state index contributed by atoms with van der Waals surface area (Å²) < 4.78 is 45.8. The maximum absolute atomic E-state index is 12.2. The molecule has 0 saturated carbocycles. The molecule has 25 heavy (non-hydrogen) atoms. The normalized spacial score (nSPS) is 11.5. The lowest BCUT2D eigenvalue weighted by atomic mass is 10.1. The molecule has 1 aromatic carbocycles. The number of hydrogen-bond acceptors (Lipinski definition) is 7. The Balaban J connectivity index is 1.98. The summed E-state index contributed by atoms with van der Waals surface area (Å²) in [5.74, 6) is -0.126. The van der Waals surface area contributed by atoms with E-state index in [1.807, 2.05) is 0 Å². The number of alkyl halides is 3. The third-order valence-electron chi connectivity index (χ3n) is 3.06. The van der Waals surface area contributed by atoms with Crippen molar-refractivity contribution in [1.29, 1.82) is 0 Å². The van der Waals surface area contributed by atoms with Crippen LogP contribution in [0.3, 0.4) is 0 Å².